The second kappa shape index (κ2) is 18.4. The second-order valence-corrected chi connectivity index (χ2v) is 1.95. The largest absolute Gasteiger partial charge is 0.308 e. The van der Waals surface area contributed by atoms with Gasteiger partial charge in [-0.15, -0.1) is 0 Å². The van der Waals surface area contributed by atoms with Crippen LogP contribution in [0, 0.1) is 5.41 Å². The van der Waals surface area contributed by atoms with Crippen molar-refractivity contribution in [3.63, 3.8) is 0 Å². The van der Waals surface area contributed by atoms with Gasteiger partial charge in [-0.05, 0) is 18.1 Å². The molecular weight excluding hydrogens is 182 g/mol. The third-order valence-electron chi connectivity index (χ3n) is 1.32. The number of allylic oxidation sites excluding steroid dienone is 6. The second-order valence-electron chi connectivity index (χ2n) is 1.95. The minimum absolute atomic E-state index is 0.831. The summed E-state index contributed by atoms with van der Waals surface area (Å²) in [6.45, 7) is 17.1. The van der Waals surface area contributed by atoms with Gasteiger partial charge in [-0.2, -0.15) is 0 Å². The fourth-order valence-corrected chi connectivity index (χ4v) is 0.757. The molecule has 0 saturated carbocycles. The molecule has 1 heteroatoms. The van der Waals surface area contributed by atoms with Crippen molar-refractivity contribution in [1.82, 2.24) is 0 Å². The highest BCUT2D eigenvalue weighted by molar-refractivity contribution is 5.84. The van der Waals surface area contributed by atoms with Gasteiger partial charge in [0, 0.05) is 6.21 Å². The molecular formula is C14H25N. The van der Waals surface area contributed by atoms with Crippen LogP contribution in [0.3, 0.4) is 0 Å². The van der Waals surface area contributed by atoms with Crippen molar-refractivity contribution >= 4 is 6.21 Å². The summed E-state index contributed by atoms with van der Waals surface area (Å²) in [5.41, 5.74) is 1.79. The predicted molar refractivity (Wildman–Crippen MR) is 73.7 cm³/mol. The van der Waals surface area contributed by atoms with E-state index in [-0.39, 0.29) is 0 Å². The summed E-state index contributed by atoms with van der Waals surface area (Å²) < 4.78 is 0. The van der Waals surface area contributed by atoms with E-state index in [1.807, 2.05) is 40.7 Å². The van der Waals surface area contributed by atoms with Crippen molar-refractivity contribution in [2.45, 2.75) is 34.6 Å². The standard InChI is InChI=1S/C10H13N.2C2H6/c1-4-7-10(8-11)9(5-2)6-3;2*1-2/h4-8,11H,1-2H2,3H3;2*1-2H3/b9-6-,10-7-,11-8?;;. The molecule has 0 aliphatic heterocycles. The van der Waals surface area contributed by atoms with Gasteiger partial charge in [0.15, 0.2) is 0 Å². The van der Waals surface area contributed by atoms with Gasteiger partial charge in [-0.3, -0.25) is 0 Å². The summed E-state index contributed by atoms with van der Waals surface area (Å²) in [6, 6.07) is 0. The van der Waals surface area contributed by atoms with Gasteiger partial charge in [0.25, 0.3) is 0 Å². The molecule has 0 heterocycles. The highest BCUT2D eigenvalue weighted by Gasteiger charge is 1.93. The van der Waals surface area contributed by atoms with Crippen molar-refractivity contribution in [3.8, 4) is 0 Å². The zero-order chi connectivity index (χ0) is 12.7. The topological polar surface area (TPSA) is 23.9 Å². The lowest BCUT2D eigenvalue weighted by Crippen LogP contribution is -1.85. The summed E-state index contributed by atoms with van der Waals surface area (Å²) in [6.07, 6.45) is 8.36. The van der Waals surface area contributed by atoms with Crippen molar-refractivity contribution in [2.75, 3.05) is 0 Å². The van der Waals surface area contributed by atoms with Gasteiger partial charge in [0.1, 0.15) is 0 Å². The van der Waals surface area contributed by atoms with Crippen LogP contribution in [-0.4, -0.2) is 6.21 Å². The average Bonchev–Trinajstić information content (AvgIpc) is 2.34. The van der Waals surface area contributed by atoms with Gasteiger partial charge >= 0.3 is 0 Å². The van der Waals surface area contributed by atoms with E-state index in [0.29, 0.717) is 0 Å². The summed E-state index contributed by atoms with van der Waals surface area (Å²) in [5, 5.41) is 7.07. The molecule has 86 valence electrons. The van der Waals surface area contributed by atoms with E-state index >= 15 is 0 Å². The quantitative estimate of drug-likeness (QED) is 0.499. The summed E-state index contributed by atoms with van der Waals surface area (Å²) >= 11 is 0. The Labute approximate surface area is 95.4 Å². The van der Waals surface area contributed by atoms with Gasteiger partial charge in [-0.25, -0.2) is 0 Å². The van der Waals surface area contributed by atoms with Crippen LogP contribution in [0.25, 0.3) is 0 Å². The van der Waals surface area contributed by atoms with Gasteiger partial charge in [0.2, 0.25) is 0 Å². The Balaban J connectivity index is -0.000000318. The molecule has 0 aliphatic carbocycles. The Hall–Kier alpha value is -1.37. The molecule has 0 saturated heterocycles. The number of hydrogen-bond donors (Lipinski definition) is 1. The molecule has 1 nitrogen and oxygen atoms in total. The molecule has 0 rings (SSSR count). The average molecular weight is 207 g/mol. The fourth-order valence-electron chi connectivity index (χ4n) is 0.757. The first-order valence-corrected chi connectivity index (χ1v) is 5.42. The normalized spacial score (nSPS) is 9.93. The van der Waals surface area contributed by atoms with Gasteiger partial charge in [0.05, 0.1) is 0 Å². The molecule has 15 heavy (non-hydrogen) atoms. The minimum atomic E-state index is 0.831. The highest BCUT2D eigenvalue weighted by Crippen LogP contribution is 2.07. The Morgan fingerprint density at radius 3 is 1.67 bits per heavy atom. The third kappa shape index (κ3) is 10.6. The van der Waals surface area contributed by atoms with Crippen molar-refractivity contribution in [3.05, 3.63) is 48.6 Å². The van der Waals surface area contributed by atoms with Crippen molar-refractivity contribution in [2.24, 2.45) is 0 Å². The lowest BCUT2D eigenvalue weighted by atomic mass is 10.1. The van der Waals surface area contributed by atoms with E-state index in [0.717, 1.165) is 11.1 Å². The SMILES string of the molecule is C=C/C=C(C=N)\C(C=C)=C/C.CC.CC. The molecule has 0 aromatic heterocycles. The van der Waals surface area contributed by atoms with E-state index in [4.69, 9.17) is 5.41 Å². The van der Waals surface area contributed by atoms with Crippen LogP contribution < -0.4 is 0 Å². The zero-order valence-electron chi connectivity index (χ0n) is 10.8. The van der Waals surface area contributed by atoms with Crippen LogP contribution in [0.1, 0.15) is 34.6 Å². The Bertz CT molecular complexity index is 219. The molecule has 1 N–H and O–H groups in total. The lowest BCUT2D eigenvalue weighted by molar-refractivity contribution is 1.50. The first-order chi connectivity index (χ1) is 7.29. The van der Waals surface area contributed by atoms with Gasteiger partial charge < -0.3 is 5.41 Å². The molecule has 0 unspecified atom stereocenters. The van der Waals surface area contributed by atoms with E-state index in [1.165, 1.54) is 6.21 Å². The van der Waals surface area contributed by atoms with E-state index in [2.05, 4.69) is 13.2 Å². The first-order valence-electron chi connectivity index (χ1n) is 5.42. The molecule has 0 amide bonds. The van der Waals surface area contributed by atoms with E-state index in [1.54, 1.807) is 18.2 Å². The highest BCUT2D eigenvalue weighted by atomic mass is 14.3. The van der Waals surface area contributed by atoms with Crippen LogP contribution in [-0.2, 0) is 0 Å². The maximum atomic E-state index is 7.07. The van der Waals surface area contributed by atoms with Crippen LogP contribution >= 0.6 is 0 Å². The summed E-state index contributed by atoms with van der Waals surface area (Å²) in [4.78, 5) is 0. The van der Waals surface area contributed by atoms with Crippen molar-refractivity contribution in [1.29, 1.82) is 5.41 Å². The van der Waals surface area contributed by atoms with Crippen LogP contribution in [0.15, 0.2) is 48.6 Å². The van der Waals surface area contributed by atoms with E-state index < -0.39 is 0 Å². The monoisotopic (exact) mass is 207 g/mol. The number of nitrogens with one attached hydrogen (secondary N) is 1. The molecule has 0 aromatic rings. The van der Waals surface area contributed by atoms with Gasteiger partial charge in [-0.1, -0.05) is 65.2 Å². The zero-order valence-corrected chi connectivity index (χ0v) is 10.8. The molecule has 0 spiro atoms. The molecule has 0 radical (unpaired) electrons. The minimum Gasteiger partial charge on any atom is -0.308 e. The smallest absolute Gasteiger partial charge is 0.0256 e. The molecule has 0 fully saturated rings. The summed E-state index contributed by atoms with van der Waals surface area (Å²) in [5.74, 6) is 0. The first kappa shape index (κ1) is 19.2. The molecule has 0 bridgehead atoms. The fraction of sp³-hybridized carbons (Fsp3) is 0.357. The molecule has 0 aromatic carbocycles. The lowest BCUT2D eigenvalue weighted by Gasteiger charge is -1.98. The Morgan fingerprint density at radius 2 is 1.47 bits per heavy atom. The number of rotatable bonds is 4. The third-order valence-corrected chi connectivity index (χ3v) is 1.32. The molecule has 0 aliphatic rings. The maximum Gasteiger partial charge on any atom is 0.0256 e. The number of hydrogen-bond acceptors (Lipinski definition) is 1. The van der Waals surface area contributed by atoms with Crippen molar-refractivity contribution < 1.29 is 0 Å². The Kier molecular flexibility index (Phi) is 23.6. The maximum absolute atomic E-state index is 7.07. The van der Waals surface area contributed by atoms with E-state index in [9.17, 15) is 0 Å². The molecule has 0 atom stereocenters. The predicted octanol–water partition coefficient (Wildman–Crippen LogP) is 4.93. The van der Waals surface area contributed by atoms with Crippen LogP contribution in [0.4, 0.5) is 0 Å². The van der Waals surface area contributed by atoms with Crippen LogP contribution in [0.5, 0.6) is 0 Å². The van der Waals surface area contributed by atoms with Crippen LogP contribution in [0.2, 0.25) is 0 Å². The Morgan fingerprint density at radius 1 is 1.00 bits per heavy atom. The summed E-state index contributed by atoms with van der Waals surface area (Å²) in [7, 11) is 0.